The SMILES string of the molecule is CCO[Si](CCCOCC(O)COc1ccc(C(c2ccc(OCC3CO3)cc2)C(c2ccc(OCC(O)COCCC[Si](OCC)(OCC)OCC)cc2)c2ccc(OCC3CO3)cc2)cc1)(OCC)OCC. The molecular formula is C56H82O16Si2. The lowest BCUT2D eigenvalue weighted by molar-refractivity contribution is 0.0101. The standard InChI is InChI=1S/C56H82O16Si2/c1-7-67-73(68-8-2,69-9-3)33-13-31-59-35-47(57)37-61-49-23-15-43(16-24-49)55(45-19-27-51(28-20-45)63-39-53-41-65-53)56(46-21-29-52(30-22-46)64-40-54-42-66-54)44-17-25-50(26-18-44)62-38-48(58)36-60-32-14-34-74(70-10-4,71-11-5)72-12-6/h15-30,47-48,53-58H,7-14,31-42H2,1-6H3. The number of aliphatic hydroxyl groups excluding tert-OH is 2. The number of hydrogen-bond donors (Lipinski definition) is 2. The summed E-state index contributed by atoms with van der Waals surface area (Å²) in [6.07, 6.45) is -0.00872. The fraction of sp³-hybridized carbons (Fsp3) is 0.571. The first kappa shape index (κ1) is 59.3. The molecule has 0 saturated carbocycles. The van der Waals surface area contributed by atoms with Crippen LogP contribution in [-0.2, 0) is 45.5 Å². The van der Waals surface area contributed by atoms with Crippen molar-refractivity contribution in [1.82, 2.24) is 0 Å². The highest BCUT2D eigenvalue weighted by atomic mass is 28.4. The Bertz CT molecular complexity index is 1920. The minimum atomic E-state index is -2.76. The van der Waals surface area contributed by atoms with Crippen molar-refractivity contribution in [3.8, 4) is 23.0 Å². The van der Waals surface area contributed by atoms with E-state index in [1.807, 2.05) is 90.1 Å². The number of epoxide rings is 2. The van der Waals surface area contributed by atoms with Crippen LogP contribution in [-0.4, -0.2) is 158 Å². The smallest absolute Gasteiger partial charge is 0.491 e. The molecule has 0 spiro atoms. The molecule has 2 aliphatic rings. The average molecular weight is 1070 g/mol. The van der Waals surface area contributed by atoms with Gasteiger partial charge < -0.3 is 74.7 Å². The summed E-state index contributed by atoms with van der Waals surface area (Å²) in [4.78, 5) is 0. The molecule has 410 valence electrons. The van der Waals surface area contributed by atoms with E-state index in [0.29, 0.717) is 102 Å². The molecule has 4 aromatic carbocycles. The quantitative estimate of drug-likeness (QED) is 0.0245. The Morgan fingerprint density at radius 2 is 0.689 bits per heavy atom. The van der Waals surface area contributed by atoms with Gasteiger partial charge in [0.1, 0.15) is 73.8 Å². The van der Waals surface area contributed by atoms with Crippen molar-refractivity contribution >= 4 is 17.6 Å². The summed E-state index contributed by atoms with van der Waals surface area (Å²) in [7, 11) is -5.52. The zero-order chi connectivity index (χ0) is 52.4. The molecule has 18 heteroatoms. The van der Waals surface area contributed by atoms with Crippen molar-refractivity contribution in [3.63, 3.8) is 0 Å². The van der Waals surface area contributed by atoms with E-state index in [4.69, 9.17) is 64.5 Å². The van der Waals surface area contributed by atoms with Crippen LogP contribution in [0.15, 0.2) is 97.1 Å². The fourth-order valence-electron chi connectivity index (χ4n) is 8.65. The predicted octanol–water partition coefficient (Wildman–Crippen LogP) is 8.60. The monoisotopic (exact) mass is 1070 g/mol. The summed E-state index contributed by atoms with van der Waals surface area (Å²) in [6.45, 7) is 18.5. The molecule has 0 aliphatic carbocycles. The van der Waals surface area contributed by atoms with Gasteiger partial charge in [-0.25, -0.2) is 0 Å². The van der Waals surface area contributed by atoms with Crippen LogP contribution in [0.2, 0.25) is 12.1 Å². The molecule has 2 heterocycles. The van der Waals surface area contributed by atoms with Gasteiger partial charge in [-0.1, -0.05) is 48.5 Å². The number of rotatable bonds is 41. The van der Waals surface area contributed by atoms with Crippen molar-refractivity contribution < 1.29 is 74.7 Å². The van der Waals surface area contributed by atoms with Gasteiger partial charge in [0.25, 0.3) is 0 Å². The van der Waals surface area contributed by atoms with E-state index in [1.54, 1.807) is 0 Å². The molecule has 2 N–H and O–H groups in total. The zero-order valence-corrected chi connectivity index (χ0v) is 46.5. The van der Waals surface area contributed by atoms with Crippen LogP contribution in [0.1, 0.15) is 88.5 Å². The Hall–Kier alpha value is -3.97. The Balaban J connectivity index is 1.14. The molecule has 6 atom stereocenters. The van der Waals surface area contributed by atoms with Gasteiger partial charge in [0.2, 0.25) is 0 Å². The van der Waals surface area contributed by atoms with Crippen molar-refractivity contribution in [3.05, 3.63) is 119 Å². The zero-order valence-electron chi connectivity index (χ0n) is 44.5. The summed E-state index contributed by atoms with van der Waals surface area (Å²) >= 11 is 0. The van der Waals surface area contributed by atoms with E-state index < -0.39 is 29.8 Å². The molecule has 16 nitrogen and oxygen atoms in total. The maximum Gasteiger partial charge on any atom is 0.501 e. The van der Waals surface area contributed by atoms with Crippen LogP contribution < -0.4 is 18.9 Å². The summed E-state index contributed by atoms with van der Waals surface area (Å²) in [5.74, 6) is 2.42. The summed E-state index contributed by atoms with van der Waals surface area (Å²) in [6, 6.07) is 33.9. The lowest BCUT2D eigenvalue weighted by atomic mass is 9.73. The lowest BCUT2D eigenvalue weighted by Gasteiger charge is -2.30. The van der Waals surface area contributed by atoms with Crippen LogP contribution in [0.25, 0.3) is 0 Å². The highest BCUT2D eigenvalue weighted by Gasteiger charge is 2.41. The minimum Gasteiger partial charge on any atom is -0.491 e. The second-order valence-electron chi connectivity index (χ2n) is 18.0. The molecule has 0 radical (unpaired) electrons. The van der Waals surface area contributed by atoms with Gasteiger partial charge in [-0.05, 0) is 125 Å². The molecule has 4 aromatic rings. The third-order valence-electron chi connectivity index (χ3n) is 12.2. The third-order valence-corrected chi connectivity index (χ3v) is 18.5. The average Bonchev–Trinajstić information content (AvgIpc) is 4.36. The molecule has 0 amide bonds. The molecule has 6 unspecified atom stereocenters. The fourth-order valence-corrected chi connectivity index (χ4v) is 13.8. The molecule has 74 heavy (non-hydrogen) atoms. The van der Waals surface area contributed by atoms with Crippen molar-refractivity contribution in [2.45, 2.75) is 103 Å². The predicted molar refractivity (Wildman–Crippen MR) is 285 cm³/mol. The van der Waals surface area contributed by atoms with Gasteiger partial charge in [0.05, 0.1) is 26.4 Å². The number of benzene rings is 4. The number of aliphatic hydroxyl groups is 2. The largest absolute Gasteiger partial charge is 0.501 e. The molecule has 6 rings (SSSR count). The Morgan fingerprint density at radius 1 is 0.419 bits per heavy atom. The van der Waals surface area contributed by atoms with Crippen molar-refractivity contribution in [2.75, 3.05) is 106 Å². The van der Waals surface area contributed by atoms with Gasteiger partial charge >= 0.3 is 17.6 Å². The van der Waals surface area contributed by atoms with Gasteiger partial charge in [-0.3, -0.25) is 0 Å². The molecule has 0 aromatic heterocycles. The topological polar surface area (TPSA) is 176 Å². The van der Waals surface area contributed by atoms with Crippen LogP contribution in [0.3, 0.4) is 0 Å². The Labute approximate surface area is 441 Å². The minimum absolute atomic E-state index is 0.0643. The van der Waals surface area contributed by atoms with Gasteiger partial charge in [-0.2, -0.15) is 0 Å². The van der Waals surface area contributed by atoms with Crippen LogP contribution in [0, 0.1) is 0 Å². The van der Waals surface area contributed by atoms with E-state index >= 15 is 0 Å². The first-order valence-electron chi connectivity index (χ1n) is 26.6. The second-order valence-corrected chi connectivity index (χ2v) is 23.5. The number of ether oxygens (including phenoxy) is 8. The normalized spacial score (nSPS) is 17.1. The number of hydrogen-bond acceptors (Lipinski definition) is 16. The van der Waals surface area contributed by atoms with E-state index in [1.165, 1.54) is 0 Å². The Kier molecular flexibility index (Phi) is 25.6. The van der Waals surface area contributed by atoms with E-state index in [0.717, 1.165) is 47.0 Å². The van der Waals surface area contributed by atoms with Gasteiger partial charge in [0, 0.05) is 76.8 Å². The highest BCUT2D eigenvalue weighted by Crippen LogP contribution is 2.44. The van der Waals surface area contributed by atoms with Crippen LogP contribution in [0.5, 0.6) is 23.0 Å². The van der Waals surface area contributed by atoms with Crippen LogP contribution >= 0.6 is 0 Å². The lowest BCUT2D eigenvalue weighted by Crippen LogP contribution is -2.46. The summed E-state index contributed by atoms with van der Waals surface area (Å²) in [5, 5.41) is 21.7. The molecule has 0 bridgehead atoms. The molecule has 2 fully saturated rings. The van der Waals surface area contributed by atoms with E-state index in [9.17, 15) is 10.2 Å². The van der Waals surface area contributed by atoms with E-state index in [2.05, 4.69) is 48.5 Å². The maximum atomic E-state index is 10.8. The van der Waals surface area contributed by atoms with Crippen molar-refractivity contribution in [1.29, 1.82) is 0 Å². The first-order chi connectivity index (χ1) is 36.1. The summed E-state index contributed by atoms with van der Waals surface area (Å²) in [5.41, 5.74) is 4.25. The second kappa shape index (κ2) is 31.9. The third kappa shape index (κ3) is 19.9. The van der Waals surface area contributed by atoms with Gasteiger partial charge in [0.15, 0.2) is 0 Å². The summed E-state index contributed by atoms with van der Waals surface area (Å²) < 4.78 is 82.5. The van der Waals surface area contributed by atoms with Gasteiger partial charge in [-0.15, -0.1) is 0 Å². The molecular weight excluding hydrogens is 985 g/mol. The molecule has 2 aliphatic heterocycles. The maximum absolute atomic E-state index is 10.8. The molecule has 2 saturated heterocycles. The first-order valence-corrected chi connectivity index (χ1v) is 30.5. The van der Waals surface area contributed by atoms with Crippen molar-refractivity contribution in [2.24, 2.45) is 0 Å². The van der Waals surface area contributed by atoms with E-state index in [-0.39, 0.29) is 50.5 Å². The highest BCUT2D eigenvalue weighted by molar-refractivity contribution is 6.61. The Morgan fingerprint density at radius 3 is 0.946 bits per heavy atom. The van der Waals surface area contributed by atoms with Crippen LogP contribution in [0.4, 0.5) is 0 Å².